The maximum absolute atomic E-state index is 5.64. The van der Waals surface area contributed by atoms with Crippen LogP contribution in [0.3, 0.4) is 0 Å². The van der Waals surface area contributed by atoms with Gasteiger partial charge in [-0.3, -0.25) is 0 Å². The van der Waals surface area contributed by atoms with Crippen molar-refractivity contribution in [3.63, 3.8) is 0 Å². The average Bonchev–Trinajstić information content (AvgIpc) is 2.80. The van der Waals surface area contributed by atoms with Crippen LogP contribution in [0.15, 0.2) is 0 Å². The van der Waals surface area contributed by atoms with Crippen LogP contribution in [0, 0.1) is 5.41 Å². The molecule has 1 saturated heterocycles. The number of nitrogens with two attached hydrogens (primary N) is 1. The molecule has 2 fully saturated rings. The van der Waals surface area contributed by atoms with E-state index in [0.29, 0.717) is 6.54 Å². The van der Waals surface area contributed by atoms with Gasteiger partial charge in [0.15, 0.2) is 0 Å². The van der Waals surface area contributed by atoms with E-state index >= 15 is 0 Å². The molecule has 1 aliphatic heterocycles. The third-order valence-corrected chi connectivity index (χ3v) is 4.72. The van der Waals surface area contributed by atoms with Crippen molar-refractivity contribution in [3.05, 3.63) is 0 Å². The van der Waals surface area contributed by atoms with Gasteiger partial charge in [0.1, 0.15) is 0 Å². The molecular weight excluding hydrogens is 212 g/mol. The molecule has 1 heterocycles. The number of nitrogens with zero attached hydrogens (tertiary/aromatic N) is 1. The van der Waals surface area contributed by atoms with E-state index in [4.69, 9.17) is 10.5 Å². The fraction of sp³-hybridized carbons (Fsp3) is 1.00. The van der Waals surface area contributed by atoms with Crippen LogP contribution < -0.4 is 5.73 Å². The van der Waals surface area contributed by atoms with E-state index in [1.54, 1.807) is 0 Å². The molecule has 17 heavy (non-hydrogen) atoms. The van der Waals surface area contributed by atoms with Crippen molar-refractivity contribution in [2.45, 2.75) is 51.6 Å². The van der Waals surface area contributed by atoms with Gasteiger partial charge in [0.2, 0.25) is 0 Å². The predicted molar refractivity (Wildman–Crippen MR) is 71.0 cm³/mol. The molecule has 0 amide bonds. The molecule has 2 aliphatic rings. The number of ether oxygens (including phenoxy) is 1. The summed E-state index contributed by atoms with van der Waals surface area (Å²) in [5.41, 5.74) is 6.27. The zero-order valence-corrected chi connectivity index (χ0v) is 11.3. The number of rotatable bonds is 5. The van der Waals surface area contributed by atoms with Gasteiger partial charge >= 0.3 is 0 Å². The van der Waals surface area contributed by atoms with Gasteiger partial charge in [-0.25, -0.2) is 0 Å². The van der Waals surface area contributed by atoms with E-state index < -0.39 is 0 Å². The van der Waals surface area contributed by atoms with Crippen LogP contribution in [0.1, 0.15) is 45.4 Å². The average molecular weight is 240 g/mol. The summed E-state index contributed by atoms with van der Waals surface area (Å²) in [5.74, 6) is 0. The Bertz CT molecular complexity index is 216. The number of hydrogen-bond donors (Lipinski definition) is 1. The fourth-order valence-electron chi connectivity index (χ4n) is 3.33. The van der Waals surface area contributed by atoms with Gasteiger partial charge < -0.3 is 15.4 Å². The highest BCUT2D eigenvalue weighted by molar-refractivity contribution is 4.89. The maximum Gasteiger partial charge on any atom is 0.0669 e. The van der Waals surface area contributed by atoms with Gasteiger partial charge in [-0.15, -0.1) is 0 Å². The van der Waals surface area contributed by atoms with E-state index in [2.05, 4.69) is 4.90 Å². The van der Waals surface area contributed by atoms with Crippen LogP contribution in [0.25, 0.3) is 0 Å². The second kappa shape index (κ2) is 6.17. The standard InChI is InChI=1S/C14H28N2O/c1-13(12-15)17-11-10-16-8-6-14(7-9-16)4-2-3-5-14/h13H,2-12,15H2,1H3. The molecule has 3 heteroatoms. The van der Waals surface area contributed by atoms with Crippen LogP contribution in [-0.4, -0.2) is 43.8 Å². The first-order valence-corrected chi connectivity index (χ1v) is 7.28. The highest BCUT2D eigenvalue weighted by atomic mass is 16.5. The van der Waals surface area contributed by atoms with Crippen LogP contribution >= 0.6 is 0 Å². The lowest BCUT2D eigenvalue weighted by atomic mass is 9.77. The normalized spacial score (nSPS) is 26.5. The van der Waals surface area contributed by atoms with Crippen LogP contribution in [-0.2, 0) is 4.74 Å². The molecule has 1 unspecified atom stereocenters. The Kier molecular flexibility index (Phi) is 4.83. The van der Waals surface area contributed by atoms with E-state index in [0.717, 1.165) is 18.6 Å². The molecule has 1 saturated carbocycles. The molecule has 0 aromatic carbocycles. The Morgan fingerprint density at radius 2 is 1.82 bits per heavy atom. The Hall–Kier alpha value is -0.120. The molecule has 2 rings (SSSR count). The Labute approximate surface area is 106 Å². The number of likely N-dealkylation sites (tertiary alicyclic amines) is 1. The van der Waals surface area contributed by atoms with Crippen molar-refractivity contribution in [2.75, 3.05) is 32.8 Å². The topological polar surface area (TPSA) is 38.5 Å². The molecule has 1 spiro atoms. The lowest BCUT2D eigenvalue weighted by molar-refractivity contribution is 0.0348. The summed E-state index contributed by atoms with van der Waals surface area (Å²) in [6.07, 6.45) is 8.96. The van der Waals surface area contributed by atoms with E-state index in [-0.39, 0.29) is 6.10 Å². The smallest absolute Gasteiger partial charge is 0.0669 e. The Morgan fingerprint density at radius 1 is 1.18 bits per heavy atom. The van der Waals surface area contributed by atoms with Gasteiger partial charge in [-0.2, -0.15) is 0 Å². The molecule has 100 valence electrons. The minimum atomic E-state index is 0.209. The first kappa shape index (κ1) is 13.3. The van der Waals surface area contributed by atoms with Crippen molar-refractivity contribution < 1.29 is 4.74 Å². The van der Waals surface area contributed by atoms with Gasteiger partial charge in [0, 0.05) is 13.1 Å². The highest BCUT2D eigenvalue weighted by Gasteiger charge is 2.36. The third-order valence-electron chi connectivity index (χ3n) is 4.72. The lowest BCUT2D eigenvalue weighted by Crippen LogP contribution is -2.40. The molecule has 2 N–H and O–H groups in total. The summed E-state index contributed by atoms with van der Waals surface area (Å²) < 4.78 is 5.64. The van der Waals surface area contributed by atoms with Crippen molar-refractivity contribution in [2.24, 2.45) is 11.1 Å². The summed E-state index contributed by atoms with van der Waals surface area (Å²) in [6.45, 7) is 7.15. The lowest BCUT2D eigenvalue weighted by Gasteiger charge is -2.39. The second-order valence-corrected chi connectivity index (χ2v) is 5.97. The first-order chi connectivity index (χ1) is 8.24. The quantitative estimate of drug-likeness (QED) is 0.799. The SMILES string of the molecule is CC(CN)OCCN1CCC2(CCCC2)CC1. The maximum atomic E-state index is 5.64. The van der Waals surface area contributed by atoms with Crippen molar-refractivity contribution in [1.82, 2.24) is 4.90 Å². The van der Waals surface area contributed by atoms with Crippen LogP contribution in [0.2, 0.25) is 0 Å². The van der Waals surface area contributed by atoms with E-state index in [1.165, 1.54) is 51.6 Å². The molecular formula is C14H28N2O. The van der Waals surface area contributed by atoms with Crippen LogP contribution in [0.5, 0.6) is 0 Å². The molecule has 0 aromatic rings. The summed E-state index contributed by atoms with van der Waals surface area (Å²) >= 11 is 0. The molecule has 3 nitrogen and oxygen atoms in total. The van der Waals surface area contributed by atoms with E-state index in [9.17, 15) is 0 Å². The van der Waals surface area contributed by atoms with Gasteiger partial charge in [-0.1, -0.05) is 12.8 Å². The minimum Gasteiger partial charge on any atom is -0.376 e. The second-order valence-electron chi connectivity index (χ2n) is 5.97. The Morgan fingerprint density at radius 3 is 2.41 bits per heavy atom. The monoisotopic (exact) mass is 240 g/mol. The molecule has 0 bridgehead atoms. The van der Waals surface area contributed by atoms with Gasteiger partial charge in [0.05, 0.1) is 12.7 Å². The summed E-state index contributed by atoms with van der Waals surface area (Å²) in [7, 11) is 0. The molecule has 1 atom stereocenters. The highest BCUT2D eigenvalue weighted by Crippen LogP contribution is 2.45. The van der Waals surface area contributed by atoms with Crippen molar-refractivity contribution in [3.8, 4) is 0 Å². The molecule has 1 aliphatic carbocycles. The minimum absolute atomic E-state index is 0.209. The molecule has 0 aromatic heterocycles. The third kappa shape index (κ3) is 3.67. The summed E-state index contributed by atoms with van der Waals surface area (Å²) in [6, 6.07) is 0. The van der Waals surface area contributed by atoms with Crippen LogP contribution in [0.4, 0.5) is 0 Å². The van der Waals surface area contributed by atoms with Crippen molar-refractivity contribution >= 4 is 0 Å². The largest absolute Gasteiger partial charge is 0.376 e. The summed E-state index contributed by atoms with van der Waals surface area (Å²) in [5, 5.41) is 0. The predicted octanol–water partition coefficient (Wildman–Crippen LogP) is 2.01. The Balaban J connectivity index is 1.62. The van der Waals surface area contributed by atoms with Crippen molar-refractivity contribution in [1.29, 1.82) is 0 Å². The number of piperidine rings is 1. The zero-order valence-electron chi connectivity index (χ0n) is 11.3. The van der Waals surface area contributed by atoms with Gasteiger partial charge in [0.25, 0.3) is 0 Å². The first-order valence-electron chi connectivity index (χ1n) is 7.28. The van der Waals surface area contributed by atoms with Gasteiger partial charge in [-0.05, 0) is 51.1 Å². The number of hydrogen-bond acceptors (Lipinski definition) is 3. The van der Waals surface area contributed by atoms with E-state index in [1.807, 2.05) is 6.92 Å². The summed E-state index contributed by atoms with van der Waals surface area (Å²) in [4.78, 5) is 2.56. The fourth-order valence-corrected chi connectivity index (χ4v) is 3.33. The zero-order chi connectivity index (χ0) is 12.1. The molecule has 0 radical (unpaired) electrons.